The van der Waals surface area contributed by atoms with E-state index in [1.807, 2.05) is 6.92 Å². The highest BCUT2D eigenvalue weighted by Crippen LogP contribution is 2.51. The van der Waals surface area contributed by atoms with Gasteiger partial charge in [0.15, 0.2) is 0 Å². The Labute approximate surface area is 193 Å². The van der Waals surface area contributed by atoms with Crippen molar-refractivity contribution < 1.29 is 19.8 Å². The first-order valence-electron chi connectivity index (χ1n) is 11.4. The lowest BCUT2D eigenvalue weighted by Crippen LogP contribution is -2.63. The van der Waals surface area contributed by atoms with E-state index in [-0.39, 0.29) is 28.8 Å². The molecule has 2 fully saturated rings. The molecular formula is C24H33N3O4S. The summed E-state index contributed by atoms with van der Waals surface area (Å²) in [4.78, 5) is 29.1. The van der Waals surface area contributed by atoms with Gasteiger partial charge >= 0.3 is 5.97 Å². The van der Waals surface area contributed by atoms with Crippen molar-refractivity contribution in [2.45, 2.75) is 57.1 Å². The lowest BCUT2D eigenvalue weighted by molar-refractivity contribution is -0.163. The number of thioether (sulfide) groups is 1. The van der Waals surface area contributed by atoms with E-state index >= 15 is 0 Å². The van der Waals surface area contributed by atoms with Crippen molar-refractivity contribution in [3.05, 3.63) is 46.0 Å². The van der Waals surface area contributed by atoms with Crippen LogP contribution in [0.5, 0.6) is 0 Å². The molecule has 2 saturated heterocycles. The molecule has 3 aliphatic rings. The molecular weight excluding hydrogens is 426 g/mol. The largest absolute Gasteiger partial charge is 0.477 e. The second-order valence-corrected chi connectivity index (χ2v) is 10.8. The zero-order valence-corrected chi connectivity index (χ0v) is 19.7. The van der Waals surface area contributed by atoms with Crippen LogP contribution in [0.1, 0.15) is 44.2 Å². The third-order valence-corrected chi connectivity index (χ3v) is 8.68. The van der Waals surface area contributed by atoms with Crippen LogP contribution in [0.4, 0.5) is 0 Å². The van der Waals surface area contributed by atoms with Gasteiger partial charge in [0, 0.05) is 29.2 Å². The van der Waals surface area contributed by atoms with Gasteiger partial charge in [-0.2, -0.15) is 0 Å². The smallest absolute Gasteiger partial charge is 0.353 e. The summed E-state index contributed by atoms with van der Waals surface area (Å²) in [6, 6.07) is 8.39. The minimum atomic E-state index is -1.05. The summed E-state index contributed by atoms with van der Waals surface area (Å²) >= 11 is 1.61. The fourth-order valence-electron chi connectivity index (χ4n) is 5.24. The monoisotopic (exact) mass is 459 g/mol. The predicted octanol–water partition coefficient (Wildman–Crippen LogP) is 2.21. The van der Waals surface area contributed by atoms with Crippen molar-refractivity contribution in [1.29, 1.82) is 0 Å². The summed E-state index contributed by atoms with van der Waals surface area (Å²) in [5, 5.41) is 20.1. The van der Waals surface area contributed by atoms with E-state index in [1.54, 1.807) is 18.7 Å². The number of aliphatic hydroxyl groups is 1. The number of aliphatic hydroxyl groups excluding tert-OH is 1. The van der Waals surface area contributed by atoms with Gasteiger partial charge in [0.2, 0.25) is 5.91 Å². The number of carboxylic acid groups (broad SMARTS) is 1. The van der Waals surface area contributed by atoms with Crippen molar-refractivity contribution >= 4 is 23.6 Å². The summed E-state index contributed by atoms with van der Waals surface area (Å²) in [6.45, 7) is 9.06. The first-order chi connectivity index (χ1) is 15.2. The maximum absolute atomic E-state index is 12.5. The number of aliphatic carboxylic acids is 1. The van der Waals surface area contributed by atoms with Gasteiger partial charge in [-0.05, 0) is 43.5 Å². The van der Waals surface area contributed by atoms with E-state index in [9.17, 15) is 19.8 Å². The molecule has 4 rings (SSSR count). The second-order valence-electron chi connectivity index (χ2n) is 9.41. The number of fused-ring (bicyclic) bond motifs is 1. The maximum atomic E-state index is 12.5. The molecule has 8 heteroatoms. The Hall–Kier alpha value is -1.87. The Balaban J connectivity index is 1.41. The number of nitrogens with two attached hydrogens (primary N) is 1. The Morgan fingerprint density at radius 1 is 1.28 bits per heavy atom. The third kappa shape index (κ3) is 4.09. The Morgan fingerprint density at radius 2 is 1.97 bits per heavy atom. The Bertz CT molecular complexity index is 916. The molecule has 1 aromatic carbocycles. The standard InChI is InChI=1S/C24H33N3O4S/c1-13(10-25)17-6-4-16(5-7-17)11-26-9-8-18(12-26)32-22-14(2)20-19(15(3)28)23(29)27(20)21(22)24(30)31/h4-7,13-15,18-20,28H,8-12,25H2,1-3H3,(H,30,31)/t13?,14-,15-,18-,19-,20-/m1/s1. The lowest BCUT2D eigenvalue weighted by Gasteiger charge is -2.46. The van der Waals surface area contributed by atoms with Gasteiger partial charge in [0.25, 0.3) is 0 Å². The highest BCUT2D eigenvalue weighted by atomic mass is 32.2. The first-order valence-corrected chi connectivity index (χ1v) is 12.3. The quantitative estimate of drug-likeness (QED) is 0.512. The predicted molar refractivity (Wildman–Crippen MR) is 125 cm³/mol. The topological polar surface area (TPSA) is 107 Å². The van der Waals surface area contributed by atoms with E-state index in [2.05, 4.69) is 36.1 Å². The van der Waals surface area contributed by atoms with Crippen molar-refractivity contribution in [3.8, 4) is 0 Å². The summed E-state index contributed by atoms with van der Waals surface area (Å²) < 4.78 is 0. The van der Waals surface area contributed by atoms with Crippen LogP contribution in [0.15, 0.2) is 34.9 Å². The second kappa shape index (κ2) is 9.17. The average molecular weight is 460 g/mol. The van der Waals surface area contributed by atoms with Gasteiger partial charge in [-0.3, -0.25) is 9.69 Å². The van der Waals surface area contributed by atoms with Gasteiger partial charge in [0.05, 0.1) is 18.1 Å². The SMILES string of the molecule is CC(CN)c1ccc(CN2CC[C@@H](SC3=C(C(=O)O)N4C(=O)[C@H]([C@@H](C)O)[C@H]4[C@H]3C)C2)cc1. The summed E-state index contributed by atoms with van der Waals surface area (Å²) in [5.41, 5.74) is 8.40. The van der Waals surface area contributed by atoms with E-state index < -0.39 is 18.0 Å². The van der Waals surface area contributed by atoms with Crippen molar-refractivity contribution in [2.75, 3.05) is 19.6 Å². The Morgan fingerprint density at radius 3 is 2.56 bits per heavy atom. The molecule has 1 aromatic rings. The van der Waals surface area contributed by atoms with E-state index in [0.717, 1.165) is 31.0 Å². The summed E-state index contributed by atoms with van der Waals surface area (Å²) in [7, 11) is 0. The van der Waals surface area contributed by atoms with Crippen LogP contribution < -0.4 is 5.73 Å². The third-order valence-electron chi connectivity index (χ3n) is 7.14. The fraction of sp³-hybridized carbons (Fsp3) is 0.583. The average Bonchev–Trinajstić information content (AvgIpc) is 3.29. The van der Waals surface area contributed by atoms with Gasteiger partial charge in [-0.1, -0.05) is 38.1 Å². The number of amides is 1. The Kier molecular flexibility index (Phi) is 6.68. The van der Waals surface area contributed by atoms with E-state index in [0.29, 0.717) is 12.5 Å². The molecule has 0 radical (unpaired) electrons. The maximum Gasteiger partial charge on any atom is 0.353 e. The number of carboxylic acids is 1. The zero-order valence-electron chi connectivity index (χ0n) is 18.9. The summed E-state index contributed by atoms with van der Waals surface area (Å²) in [5.74, 6) is -1.56. The van der Waals surface area contributed by atoms with Crippen LogP contribution in [-0.2, 0) is 16.1 Å². The molecule has 6 atom stereocenters. The molecule has 3 heterocycles. The van der Waals surface area contributed by atoms with Gasteiger partial charge in [-0.25, -0.2) is 4.79 Å². The number of likely N-dealkylation sites (tertiary alicyclic amines) is 1. The highest BCUT2D eigenvalue weighted by molar-refractivity contribution is 8.03. The number of rotatable bonds is 8. The van der Waals surface area contributed by atoms with Crippen LogP contribution in [0.25, 0.3) is 0 Å². The fourth-order valence-corrected chi connectivity index (χ4v) is 6.76. The number of carbonyl (C=O) groups excluding carboxylic acids is 1. The van der Waals surface area contributed by atoms with E-state index in [4.69, 9.17) is 5.73 Å². The number of β-lactam (4-membered cyclic amide) rings is 1. The minimum Gasteiger partial charge on any atom is -0.477 e. The van der Waals surface area contributed by atoms with Crippen LogP contribution in [0.3, 0.4) is 0 Å². The van der Waals surface area contributed by atoms with Gasteiger partial charge in [-0.15, -0.1) is 11.8 Å². The van der Waals surface area contributed by atoms with Gasteiger partial charge in [0.1, 0.15) is 5.70 Å². The van der Waals surface area contributed by atoms with Crippen molar-refractivity contribution in [2.24, 2.45) is 17.6 Å². The molecule has 0 bridgehead atoms. The van der Waals surface area contributed by atoms with Gasteiger partial charge < -0.3 is 20.8 Å². The number of hydrogen-bond acceptors (Lipinski definition) is 6. The number of benzene rings is 1. The summed E-state index contributed by atoms with van der Waals surface area (Å²) in [6.07, 6.45) is 0.209. The lowest BCUT2D eigenvalue weighted by atomic mass is 9.79. The molecule has 174 valence electrons. The normalized spacial score (nSPS) is 29.8. The molecule has 1 amide bonds. The molecule has 0 saturated carbocycles. The minimum absolute atomic E-state index is 0.0745. The molecule has 3 aliphatic heterocycles. The van der Waals surface area contributed by atoms with Crippen molar-refractivity contribution in [1.82, 2.24) is 9.80 Å². The van der Waals surface area contributed by atoms with Crippen molar-refractivity contribution in [3.63, 3.8) is 0 Å². The first kappa shape index (κ1) is 23.3. The molecule has 7 nitrogen and oxygen atoms in total. The number of nitrogens with zero attached hydrogens (tertiary/aromatic N) is 2. The van der Waals surface area contributed by atoms with Crippen LogP contribution in [0, 0.1) is 11.8 Å². The molecule has 0 spiro atoms. The molecule has 0 aliphatic carbocycles. The number of hydrogen-bond donors (Lipinski definition) is 3. The van der Waals surface area contributed by atoms with Crippen LogP contribution >= 0.6 is 11.8 Å². The molecule has 1 unspecified atom stereocenters. The molecule has 0 aromatic heterocycles. The van der Waals surface area contributed by atoms with Crippen LogP contribution in [0.2, 0.25) is 0 Å². The number of carbonyl (C=O) groups is 2. The van der Waals surface area contributed by atoms with Crippen LogP contribution in [-0.4, -0.2) is 68.9 Å². The van der Waals surface area contributed by atoms with E-state index in [1.165, 1.54) is 16.0 Å². The molecule has 32 heavy (non-hydrogen) atoms. The molecule has 4 N–H and O–H groups in total. The zero-order chi connectivity index (χ0) is 23.2. The highest BCUT2D eigenvalue weighted by Gasteiger charge is 2.60.